The van der Waals surface area contributed by atoms with E-state index >= 15 is 0 Å². The zero-order valence-electron chi connectivity index (χ0n) is 11.6. The predicted molar refractivity (Wildman–Crippen MR) is 71.2 cm³/mol. The predicted octanol–water partition coefficient (Wildman–Crippen LogP) is 1.70. The molecule has 0 aromatic carbocycles. The Labute approximate surface area is 109 Å². The molecule has 1 N–H and O–H groups in total. The summed E-state index contributed by atoms with van der Waals surface area (Å²) in [6, 6.07) is 0.493. The SMILES string of the molecule is CNC(Cc1nnn(C)n1)C1CCCCCCC1. The summed E-state index contributed by atoms with van der Waals surface area (Å²) in [7, 11) is 3.88. The molecule has 1 atom stereocenters. The van der Waals surface area contributed by atoms with Crippen LogP contribution >= 0.6 is 0 Å². The van der Waals surface area contributed by atoms with Gasteiger partial charge in [-0.05, 0) is 31.0 Å². The van der Waals surface area contributed by atoms with Crippen molar-refractivity contribution in [2.45, 2.75) is 57.4 Å². The van der Waals surface area contributed by atoms with Crippen LogP contribution in [0.2, 0.25) is 0 Å². The van der Waals surface area contributed by atoms with Gasteiger partial charge < -0.3 is 5.32 Å². The summed E-state index contributed by atoms with van der Waals surface area (Å²) in [6.07, 6.45) is 10.5. The smallest absolute Gasteiger partial charge is 0.176 e. The summed E-state index contributed by atoms with van der Waals surface area (Å²) in [4.78, 5) is 1.54. The first-order valence-electron chi connectivity index (χ1n) is 7.19. The number of aromatic nitrogens is 4. The van der Waals surface area contributed by atoms with Crippen LogP contribution in [0.4, 0.5) is 0 Å². The average molecular weight is 251 g/mol. The fourth-order valence-corrected chi connectivity index (χ4v) is 3.00. The van der Waals surface area contributed by atoms with E-state index in [1.807, 2.05) is 7.05 Å². The number of rotatable bonds is 4. The Balaban J connectivity index is 1.93. The molecule has 5 nitrogen and oxygen atoms in total. The molecule has 1 aliphatic rings. The van der Waals surface area contributed by atoms with E-state index in [4.69, 9.17) is 0 Å². The van der Waals surface area contributed by atoms with E-state index in [0.29, 0.717) is 6.04 Å². The number of hydrogen-bond donors (Lipinski definition) is 1. The highest BCUT2D eigenvalue weighted by atomic mass is 15.6. The molecule has 0 spiro atoms. The molecule has 0 amide bonds. The van der Waals surface area contributed by atoms with E-state index in [2.05, 4.69) is 27.8 Å². The van der Waals surface area contributed by atoms with Crippen LogP contribution < -0.4 is 5.32 Å². The Morgan fingerprint density at radius 1 is 1.22 bits per heavy atom. The molecule has 1 heterocycles. The third-order valence-corrected chi connectivity index (χ3v) is 4.04. The molecule has 1 aliphatic carbocycles. The van der Waals surface area contributed by atoms with Gasteiger partial charge in [-0.15, -0.1) is 10.2 Å². The molecule has 1 fully saturated rings. The van der Waals surface area contributed by atoms with Crippen LogP contribution in [0.1, 0.15) is 50.8 Å². The zero-order valence-corrected chi connectivity index (χ0v) is 11.6. The number of hydrogen-bond acceptors (Lipinski definition) is 4. The molecule has 1 saturated carbocycles. The molecule has 102 valence electrons. The highest BCUT2D eigenvalue weighted by Crippen LogP contribution is 2.25. The zero-order chi connectivity index (χ0) is 12.8. The maximum atomic E-state index is 4.29. The first kappa shape index (κ1) is 13.5. The summed E-state index contributed by atoms with van der Waals surface area (Å²) in [5.41, 5.74) is 0. The number of nitrogens with zero attached hydrogens (tertiary/aromatic N) is 4. The standard InChI is InChI=1S/C13H25N5/c1-14-12(10-13-15-17-18(2)16-13)11-8-6-4-3-5-7-9-11/h11-12,14H,3-10H2,1-2H3. The van der Waals surface area contributed by atoms with Gasteiger partial charge in [0.2, 0.25) is 0 Å². The van der Waals surface area contributed by atoms with E-state index in [0.717, 1.165) is 18.2 Å². The fraction of sp³-hybridized carbons (Fsp3) is 0.923. The average Bonchev–Trinajstić information content (AvgIpc) is 2.72. The highest BCUT2D eigenvalue weighted by molar-refractivity contribution is 4.88. The fourth-order valence-electron chi connectivity index (χ4n) is 3.00. The molecule has 1 aromatic heterocycles. The Morgan fingerprint density at radius 2 is 1.89 bits per heavy atom. The van der Waals surface area contributed by atoms with Crippen molar-refractivity contribution < 1.29 is 0 Å². The Hall–Kier alpha value is -0.970. The second-order valence-electron chi connectivity index (χ2n) is 5.40. The largest absolute Gasteiger partial charge is 0.316 e. The first-order valence-corrected chi connectivity index (χ1v) is 7.19. The Morgan fingerprint density at radius 3 is 2.44 bits per heavy atom. The van der Waals surface area contributed by atoms with Gasteiger partial charge in [-0.2, -0.15) is 4.80 Å². The van der Waals surface area contributed by atoms with Crippen molar-refractivity contribution in [2.75, 3.05) is 7.05 Å². The number of aryl methyl sites for hydroxylation is 1. The molecule has 0 bridgehead atoms. The van der Waals surface area contributed by atoms with E-state index in [9.17, 15) is 0 Å². The molecule has 18 heavy (non-hydrogen) atoms. The van der Waals surface area contributed by atoms with Crippen LogP contribution in [0.15, 0.2) is 0 Å². The van der Waals surface area contributed by atoms with Gasteiger partial charge in [0.25, 0.3) is 0 Å². The van der Waals surface area contributed by atoms with E-state index in [-0.39, 0.29) is 0 Å². The lowest BCUT2D eigenvalue weighted by Crippen LogP contribution is -2.36. The topological polar surface area (TPSA) is 55.6 Å². The van der Waals surface area contributed by atoms with Gasteiger partial charge in [0.05, 0.1) is 7.05 Å². The van der Waals surface area contributed by atoms with Crippen LogP contribution in [0, 0.1) is 5.92 Å². The minimum atomic E-state index is 0.493. The van der Waals surface area contributed by atoms with Crippen LogP contribution in [-0.4, -0.2) is 33.3 Å². The quantitative estimate of drug-likeness (QED) is 0.885. The molecule has 5 heteroatoms. The van der Waals surface area contributed by atoms with Crippen LogP contribution in [0.5, 0.6) is 0 Å². The monoisotopic (exact) mass is 251 g/mol. The van der Waals surface area contributed by atoms with Crippen molar-refractivity contribution in [1.29, 1.82) is 0 Å². The number of nitrogens with one attached hydrogen (secondary N) is 1. The third kappa shape index (κ3) is 3.77. The lowest BCUT2D eigenvalue weighted by Gasteiger charge is -2.27. The Bertz CT molecular complexity index is 341. The molecule has 1 aromatic rings. The summed E-state index contributed by atoms with van der Waals surface area (Å²) >= 11 is 0. The van der Waals surface area contributed by atoms with Gasteiger partial charge >= 0.3 is 0 Å². The van der Waals surface area contributed by atoms with Crippen LogP contribution in [-0.2, 0) is 13.5 Å². The van der Waals surface area contributed by atoms with E-state index < -0.39 is 0 Å². The summed E-state index contributed by atoms with van der Waals surface area (Å²) in [6.45, 7) is 0. The second-order valence-corrected chi connectivity index (χ2v) is 5.40. The maximum Gasteiger partial charge on any atom is 0.176 e. The van der Waals surface area contributed by atoms with Gasteiger partial charge in [0.1, 0.15) is 0 Å². The summed E-state index contributed by atoms with van der Waals surface area (Å²) in [5.74, 6) is 1.62. The molecule has 2 rings (SSSR count). The third-order valence-electron chi connectivity index (χ3n) is 4.04. The molecular weight excluding hydrogens is 226 g/mol. The first-order chi connectivity index (χ1) is 8.79. The van der Waals surface area contributed by atoms with Gasteiger partial charge in [0.15, 0.2) is 5.82 Å². The van der Waals surface area contributed by atoms with Gasteiger partial charge in [-0.3, -0.25) is 0 Å². The van der Waals surface area contributed by atoms with Crippen molar-refractivity contribution in [1.82, 2.24) is 25.5 Å². The molecule has 1 unspecified atom stereocenters. The Kier molecular flexibility index (Phi) is 5.11. The molecule has 0 saturated heterocycles. The minimum absolute atomic E-state index is 0.493. The normalized spacial score (nSPS) is 20.3. The van der Waals surface area contributed by atoms with Crippen LogP contribution in [0.3, 0.4) is 0 Å². The van der Waals surface area contributed by atoms with Gasteiger partial charge in [0, 0.05) is 12.5 Å². The van der Waals surface area contributed by atoms with Crippen LogP contribution in [0.25, 0.3) is 0 Å². The summed E-state index contributed by atoms with van der Waals surface area (Å²) < 4.78 is 0. The lowest BCUT2D eigenvalue weighted by molar-refractivity contribution is 0.291. The molecule has 0 aliphatic heterocycles. The van der Waals surface area contributed by atoms with Gasteiger partial charge in [-0.1, -0.05) is 32.1 Å². The van der Waals surface area contributed by atoms with Crippen molar-refractivity contribution in [3.05, 3.63) is 5.82 Å². The number of tetrazole rings is 1. The second kappa shape index (κ2) is 6.83. The summed E-state index contributed by atoms with van der Waals surface area (Å²) in [5, 5.41) is 15.8. The van der Waals surface area contributed by atoms with Crippen molar-refractivity contribution in [3.8, 4) is 0 Å². The minimum Gasteiger partial charge on any atom is -0.316 e. The van der Waals surface area contributed by atoms with E-state index in [1.54, 1.807) is 4.80 Å². The maximum absolute atomic E-state index is 4.29. The number of likely N-dealkylation sites (N-methyl/N-ethyl adjacent to an activating group) is 1. The van der Waals surface area contributed by atoms with E-state index in [1.165, 1.54) is 44.9 Å². The van der Waals surface area contributed by atoms with Crippen molar-refractivity contribution >= 4 is 0 Å². The molecular formula is C13H25N5. The highest BCUT2D eigenvalue weighted by Gasteiger charge is 2.22. The van der Waals surface area contributed by atoms with Gasteiger partial charge in [-0.25, -0.2) is 0 Å². The lowest BCUT2D eigenvalue weighted by atomic mass is 9.84. The van der Waals surface area contributed by atoms with Crippen molar-refractivity contribution in [3.63, 3.8) is 0 Å². The van der Waals surface area contributed by atoms with Crippen molar-refractivity contribution in [2.24, 2.45) is 13.0 Å². The molecule has 0 radical (unpaired) electrons.